The minimum Gasteiger partial charge on any atom is -0.329 e. The van der Waals surface area contributed by atoms with Gasteiger partial charge in [0.05, 0.1) is 12.2 Å². The molecule has 5 nitrogen and oxygen atoms in total. The third kappa shape index (κ3) is 3.72. The van der Waals surface area contributed by atoms with Gasteiger partial charge < -0.3 is 4.52 Å². The van der Waals surface area contributed by atoms with Gasteiger partial charge in [0.25, 0.3) is 0 Å². The summed E-state index contributed by atoms with van der Waals surface area (Å²) < 4.78 is 43.7. The topological polar surface area (TPSA) is 56.7 Å². The van der Waals surface area contributed by atoms with Gasteiger partial charge >= 0.3 is 12.1 Å². The van der Waals surface area contributed by atoms with Crippen molar-refractivity contribution in [1.29, 1.82) is 0 Å². The highest BCUT2D eigenvalue weighted by atomic mass is 19.4. The zero-order chi connectivity index (χ0) is 18.0. The molecule has 2 aromatic heterocycles. The first kappa shape index (κ1) is 17.2. The van der Waals surface area contributed by atoms with Crippen LogP contribution in [0.25, 0.3) is 11.4 Å². The molecule has 132 valence electrons. The van der Waals surface area contributed by atoms with Crippen molar-refractivity contribution in [2.45, 2.75) is 39.4 Å². The van der Waals surface area contributed by atoms with Gasteiger partial charge in [0.15, 0.2) is 0 Å². The molecule has 0 spiro atoms. The second-order valence-corrected chi connectivity index (χ2v) is 5.62. The van der Waals surface area contributed by atoms with Crippen LogP contribution in [-0.2, 0) is 25.6 Å². The number of aryl methyl sites for hydroxylation is 2. The van der Waals surface area contributed by atoms with Crippen LogP contribution < -0.4 is 0 Å². The molecule has 0 aliphatic heterocycles. The Labute approximate surface area is 142 Å². The van der Waals surface area contributed by atoms with Crippen LogP contribution in [-0.4, -0.2) is 19.9 Å². The predicted molar refractivity (Wildman–Crippen MR) is 84.8 cm³/mol. The summed E-state index contributed by atoms with van der Waals surface area (Å²) in [5.41, 5.74) is 3.76. The standard InChI is InChI=1S/C17H17F3N4O/c1-3-12-10-24(22-14(12)4-2)9-11-5-7-13(8-6-11)15-21-16(25-23-15)17(18,19)20/h5-8,10H,3-4,9H2,1-2H3. The largest absolute Gasteiger partial charge is 0.471 e. The van der Waals surface area contributed by atoms with E-state index in [1.807, 2.05) is 23.0 Å². The maximum Gasteiger partial charge on any atom is 0.471 e. The quantitative estimate of drug-likeness (QED) is 0.694. The van der Waals surface area contributed by atoms with Crippen LogP contribution in [0.4, 0.5) is 13.2 Å². The van der Waals surface area contributed by atoms with E-state index < -0.39 is 12.1 Å². The Balaban J connectivity index is 1.76. The van der Waals surface area contributed by atoms with Crippen molar-refractivity contribution < 1.29 is 17.7 Å². The Morgan fingerprint density at radius 1 is 1.08 bits per heavy atom. The fraction of sp³-hybridized carbons (Fsp3) is 0.353. The monoisotopic (exact) mass is 350 g/mol. The number of benzene rings is 1. The minimum absolute atomic E-state index is 0.0838. The number of hydrogen-bond donors (Lipinski definition) is 0. The van der Waals surface area contributed by atoms with Crippen molar-refractivity contribution in [2.75, 3.05) is 0 Å². The molecule has 0 fully saturated rings. The zero-order valence-corrected chi connectivity index (χ0v) is 13.8. The number of halogens is 3. The highest BCUT2D eigenvalue weighted by Gasteiger charge is 2.38. The summed E-state index contributed by atoms with van der Waals surface area (Å²) in [7, 11) is 0. The summed E-state index contributed by atoms with van der Waals surface area (Å²) in [6.45, 7) is 4.75. The van der Waals surface area contributed by atoms with E-state index in [-0.39, 0.29) is 5.82 Å². The Morgan fingerprint density at radius 2 is 1.80 bits per heavy atom. The van der Waals surface area contributed by atoms with E-state index >= 15 is 0 Å². The van der Waals surface area contributed by atoms with E-state index in [9.17, 15) is 13.2 Å². The number of alkyl halides is 3. The van der Waals surface area contributed by atoms with Crippen LogP contribution in [0.1, 0.15) is 36.6 Å². The second kappa shape index (κ2) is 6.70. The summed E-state index contributed by atoms with van der Waals surface area (Å²) in [5.74, 6) is -1.43. The third-order valence-corrected chi connectivity index (χ3v) is 3.87. The van der Waals surface area contributed by atoms with Gasteiger partial charge in [0, 0.05) is 11.8 Å². The molecule has 0 aliphatic carbocycles. The molecule has 0 aliphatic rings. The van der Waals surface area contributed by atoms with Crippen LogP contribution in [0.15, 0.2) is 35.0 Å². The summed E-state index contributed by atoms with van der Waals surface area (Å²) in [6, 6.07) is 6.98. The van der Waals surface area contributed by atoms with Gasteiger partial charge in [0.2, 0.25) is 5.82 Å². The average Bonchev–Trinajstić information content (AvgIpc) is 3.21. The lowest BCUT2D eigenvalue weighted by molar-refractivity contribution is -0.159. The van der Waals surface area contributed by atoms with Crippen molar-refractivity contribution >= 4 is 0 Å². The van der Waals surface area contributed by atoms with Gasteiger partial charge in [0.1, 0.15) is 0 Å². The van der Waals surface area contributed by atoms with Gasteiger partial charge in [-0.25, -0.2) is 0 Å². The van der Waals surface area contributed by atoms with Crippen LogP contribution >= 0.6 is 0 Å². The van der Waals surface area contributed by atoms with Crippen LogP contribution in [0.2, 0.25) is 0 Å². The smallest absolute Gasteiger partial charge is 0.329 e. The zero-order valence-electron chi connectivity index (χ0n) is 13.8. The highest BCUT2D eigenvalue weighted by Crippen LogP contribution is 2.29. The first-order chi connectivity index (χ1) is 11.9. The summed E-state index contributed by atoms with van der Waals surface area (Å²) >= 11 is 0. The van der Waals surface area contributed by atoms with E-state index in [0.717, 1.165) is 24.1 Å². The first-order valence-corrected chi connectivity index (χ1v) is 7.96. The fourth-order valence-corrected chi connectivity index (χ4v) is 2.58. The van der Waals surface area contributed by atoms with Crippen LogP contribution in [0, 0.1) is 0 Å². The van der Waals surface area contributed by atoms with Gasteiger partial charge in [-0.15, -0.1) is 0 Å². The lowest BCUT2D eigenvalue weighted by atomic mass is 10.1. The van der Waals surface area contributed by atoms with Gasteiger partial charge in [-0.3, -0.25) is 4.68 Å². The molecule has 0 N–H and O–H groups in total. The molecule has 0 bridgehead atoms. The SMILES string of the molecule is CCc1cn(Cc2ccc(-c3noc(C(F)(F)F)n3)cc2)nc1CC. The number of aromatic nitrogens is 4. The second-order valence-electron chi connectivity index (χ2n) is 5.62. The van der Waals surface area contributed by atoms with Crippen molar-refractivity contribution in [2.24, 2.45) is 0 Å². The van der Waals surface area contributed by atoms with Crippen LogP contribution in [0.5, 0.6) is 0 Å². The number of nitrogens with zero attached hydrogens (tertiary/aromatic N) is 4. The molecule has 0 unspecified atom stereocenters. The molecule has 0 amide bonds. The first-order valence-electron chi connectivity index (χ1n) is 7.96. The van der Waals surface area contributed by atoms with Crippen molar-refractivity contribution in [3.05, 3.63) is 53.2 Å². The Bertz CT molecular complexity index is 828. The normalized spacial score (nSPS) is 11.9. The molecule has 8 heteroatoms. The Hall–Kier alpha value is -2.64. The molecule has 25 heavy (non-hydrogen) atoms. The van der Waals surface area contributed by atoms with Gasteiger partial charge in [-0.2, -0.15) is 23.3 Å². The van der Waals surface area contributed by atoms with E-state index in [2.05, 4.69) is 33.6 Å². The average molecular weight is 350 g/mol. The molecule has 3 rings (SSSR count). The van der Waals surface area contributed by atoms with E-state index in [1.165, 1.54) is 5.56 Å². The van der Waals surface area contributed by atoms with Gasteiger partial charge in [-0.05, 0) is 24.0 Å². The summed E-state index contributed by atoms with van der Waals surface area (Å²) in [6.07, 6.45) is -0.795. The van der Waals surface area contributed by atoms with E-state index in [1.54, 1.807) is 12.1 Å². The molecule has 0 saturated carbocycles. The molecular weight excluding hydrogens is 333 g/mol. The van der Waals surface area contributed by atoms with E-state index in [4.69, 9.17) is 0 Å². The highest BCUT2D eigenvalue weighted by molar-refractivity contribution is 5.54. The van der Waals surface area contributed by atoms with Crippen molar-refractivity contribution in [3.8, 4) is 11.4 Å². The molecule has 0 radical (unpaired) electrons. The molecule has 1 aromatic carbocycles. The van der Waals surface area contributed by atoms with E-state index in [0.29, 0.717) is 12.1 Å². The summed E-state index contributed by atoms with van der Waals surface area (Å²) in [4.78, 5) is 3.38. The maximum atomic E-state index is 12.5. The molecular formula is C17H17F3N4O. The van der Waals surface area contributed by atoms with Crippen molar-refractivity contribution in [1.82, 2.24) is 19.9 Å². The van der Waals surface area contributed by atoms with Gasteiger partial charge in [-0.1, -0.05) is 43.3 Å². The maximum absolute atomic E-state index is 12.5. The molecule has 0 saturated heterocycles. The lowest BCUT2D eigenvalue weighted by Gasteiger charge is -2.03. The minimum atomic E-state index is -4.64. The molecule has 3 aromatic rings. The number of hydrogen-bond acceptors (Lipinski definition) is 4. The number of rotatable bonds is 5. The van der Waals surface area contributed by atoms with Crippen LogP contribution in [0.3, 0.4) is 0 Å². The fourth-order valence-electron chi connectivity index (χ4n) is 2.58. The lowest BCUT2D eigenvalue weighted by Crippen LogP contribution is -2.04. The molecule has 0 atom stereocenters. The summed E-state index contributed by atoms with van der Waals surface area (Å²) in [5, 5.41) is 7.94. The van der Waals surface area contributed by atoms with Crippen molar-refractivity contribution in [3.63, 3.8) is 0 Å². The Morgan fingerprint density at radius 3 is 2.32 bits per heavy atom. The third-order valence-electron chi connectivity index (χ3n) is 3.87. The predicted octanol–water partition coefficient (Wildman–Crippen LogP) is 4.13. The molecule has 2 heterocycles. The Kier molecular flexibility index (Phi) is 4.61.